The Balaban J connectivity index is 2.11. The molecule has 0 aromatic heterocycles. The lowest BCUT2D eigenvalue weighted by Gasteiger charge is -2.16. The highest BCUT2D eigenvalue weighted by molar-refractivity contribution is 7.90. The molecular weight excluding hydrogens is 370 g/mol. The number of hydrogen-bond donors (Lipinski definition) is 0. The van der Waals surface area contributed by atoms with Crippen molar-refractivity contribution in [3.8, 4) is 5.75 Å². The second kappa shape index (κ2) is 8.40. The zero-order valence-corrected chi connectivity index (χ0v) is 17.0. The molecule has 0 aliphatic heterocycles. The van der Waals surface area contributed by atoms with E-state index in [0.717, 1.165) is 11.1 Å². The number of nitrogens with zero attached hydrogens (tertiary/aromatic N) is 1. The standard InChI is InChI=1S/C23H23NO3S/c1-17(2)21-15-14-18(3)16-22(21)27-23(19-10-6-4-7-11-19)24-28(25,26)20-12-8-5-9-13-20/h4-17H,1-3H3/b24-23+. The van der Waals surface area contributed by atoms with Crippen LogP contribution in [0, 0.1) is 6.92 Å². The zero-order valence-electron chi connectivity index (χ0n) is 16.2. The van der Waals surface area contributed by atoms with Crippen LogP contribution in [0.25, 0.3) is 0 Å². The lowest BCUT2D eigenvalue weighted by atomic mass is 10.0. The predicted molar refractivity (Wildman–Crippen MR) is 113 cm³/mol. The third-order valence-electron chi connectivity index (χ3n) is 4.26. The second-order valence-electron chi connectivity index (χ2n) is 6.85. The average molecular weight is 394 g/mol. The Bertz CT molecular complexity index is 1070. The van der Waals surface area contributed by atoms with Gasteiger partial charge >= 0.3 is 0 Å². The zero-order chi connectivity index (χ0) is 20.1. The van der Waals surface area contributed by atoms with Gasteiger partial charge in [0, 0.05) is 5.56 Å². The molecule has 0 saturated heterocycles. The second-order valence-corrected chi connectivity index (χ2v) is 8.45. The molecule has 0 bridgehead atoms. The van der Waals surface area contributed by atoms with Crippen LogP contribution in [0.15, 0.2) is 88.2 Å². The maximum Gasteiger partial charge on any atom is 0.285 e. The highest BCUT2D eigenvalue weighted by atomic mass is 32.2. The molecule has 0 amide bonds. The van der Waals surface area contributed by atoms with Gasteiger partial charge in [-0.2, -0.15) is 8.42 Å². The van der Waals surface area contributed by atoms with Crippen molar-refractivity contribution in [2.75, 3.05) is 0 Å². The molecule has 5 heteroatoms. The molecule has 0 unspecified atom stereocenters. The smallest absolute Gasteiger partial charge is 0.285 e. The van der Waals surface area contributed by atoms with Gasteiger partial charge in [-0.3, -0.25) is 0 Å². The van der Waals surface area contributed by atoms with E-state index in [9.17, 15) is 8.42 Å². The van der Waals surface area contributed by atoms with Gasteiger partial charge in [0.1, 0.15) is 5.75 Å². The van der Waals surface area contributed by atoms with Crippen molar-refractivity contribution in [2.45, 2.75) is 31.6 Å². The SMILES string of the molecule is Cc1ccc(C(C)C)c(O/C(=N/S(=O)(=O)c2ccccc2)c2ccccc2)c1. The van der Waals surface area contributed by atoms with Crippen molar-refractivity contribution in [3.63, 3.8) is 0 Å². The van der Waals surface area contributed by atoms with Crippen LogP contribution in [-0.4, -0.2) is 14.3 Å². The molecular formula is C23H23NO3S. The molecule has 0 aliphatic rings. The summed E-state index contributed by atoms with van der Waals surface area (Å²) in [6.07, 6.45) is 0. The fraction of sp³-hybridized carbons (Fsp3) is 0.174. The minimum atomic E-state index is -3.91. The number of rotatable bonds is 5. The van der Waals surface area contributed by atoms with Crippen LogP contribution in [0.3, 0.4) is 0 Å². The normalized spacial score (nSPS) is 12.2. The Morgan fingerprint density at radius 3 is 2.11 bits per heavy atom. The van der Waals surface area contributed by atoms with E-state index in [4.69, 9.17) is 4.74 Å². The molecule has 0 saturated carbocycles. The van der Waals surface area contributed by atoms with Gasteiger partial charge in [-0.1, -0.05) is 62.4 Å². The van der Waals surface area contributed by atoms with E-state index in [2.05, 4.69) is 18.2 Å². The van der Waals surface area contributed by atoms with Gasteiger partial charge in [-0.05, 0) is 54.3 Å². The lowest BCUT2D eigenvalue weighted by molar-refractivity contribution is 0.537. The van der Waals surface area contributed by atoms with Crippen molar-refractivity contribution < 1.29 is 13.2 Å². The predicted octanol–water partition coefficient (Wildman–Crippen LogP) is 5.33. The number of sulfonamides is 1. The maximum atomic E-state index is 12.8. The van der Waals surface area contributed by atoms with Gasteiger partial charge in [0.2, 0.25) is 5.90 Å². The topological polar surface area (TPSA) is 55.7 Å². The van der Waals surface area contributed by atoms with Crippen molar-refractivity contribution in [1.82, 2.24) is 0 Å². The number of aryl methyl sites for hydroxylation is 1. The van der Waals surface area contributed by atoms with Gasteiger partial charge in [0.25, 0.3) is 10.0 Å². The van der Waals surface area contributed by atoms with E-state index >= 15 is 0 Å². The first-order chi connectivity index (χ1) is 13.4. The van der Waals surface area contributed by atoms with Crippen molar-refractivity contribution in [3.05, 3.63) is 95.6 Å². The number of hydrogen-bond acceptors (Lipinski definition) is 3. The minimum Gasteiger partial charge on any atom is -0.437 e. The summed E-state index contributed by atoms with van der Waals surface area (Å²) < 4.78 is 35.8. The molecule has 0 fully saturated rings. The first-order valence-electron chi connectivity index (χ1n) is 9.10. The van der Waals surface area contributed by atoms with Gasteiger partial charge in [0.15, 0.2) is 0 Å². The highest BCUT2D eigenvalue weighted by Gasteiger charge is 2.18. The van der Waals surface area contributed by atoms with Crippen LogP contribution in [0.2, 0.25) is 0 Å². The Morgan fingerprint density at radius 2 is 1.50 bits per heavy atom. The third-order valence-corrected chi connectivity index (χ3v) is 5.54. The van der Waals surface area contributed by atoms with E-state index in [1.807, 2.05) is 43.3 Å². The van der Waals surface area contributed by atoms with Crippen molar-refractivity contribution >= 4 is 15.9 Å². The fourth-order valence-electron chi connectivity index (χ4n) is 2.78. The van der Waals surface area contributed by atoms with Gasteiger partial charge < -0.3 is 4.74 Å². The highest BCUT2D eigenvalue weighted by Crippen LogP contribution is 2.29. The minimum absolute atomic E-state index is 0.0527. The average Bonchev–Trinajstić information content (AvgIpc) is 2.68. The first kappa shape index (κ1) is 19.8. The van der Waals surface area contributed by atoms with E-state index in [0.29, 0.717) is 11.3 Å². The Morgan fingerprint density at radius 1 is 0.893 bits per heavy atom. The van der Waals surface area contributed by atoms with Crippen LogP contribution < -0.4 is 4.74 Å². The molecule has 0 spiro atoms. The Kier molecular flexibility index (Phi) is 5.95. The number of ether oxygens (including phenoxy) is 1. The summed E-state index contributed by atoms with van der Waals surface area (Å²) in [5.41, 5.74) is 2.61. The quantitative estimate of drug-likeness (QED) is 0.435. The van der Waals surface area contributed by atoms with Crippen LogP contribution in [0.5, 0.6) is 5.75 Å². The van der Waals surface area contributed by atoms with Gasteiger partial charge in [-0.25, -0.2) is 0 Å². The molecule has 144 valence electrons. The lowest BCUT2D eigenvalue weighted by Crippen LogP contribution is -2.15. The molecule has 28 heavy (non-hydrogen) atoms. The van der Waals surface area contributed by atoms with Crippen LogP contribution in [-0.2, 0) is 10.0 Å². The molecule has 4 nitrogen and oxygen atoms in total. The maximum absolute atomic E-state index is 12.8. The molecule has 0 aliphatic carbocycles. The summed E-state index contributed by atoms with van der Waals surface area (Å²) in [7, 11) is -3.91. The first-order valence-corrected chi connectivity index (χ1v) is 10.5. The van der Waals surface area contributed by atoms with Crippen LogP contribution >= 0.6 is 0 Å². The molecule has 0 radical (unpaired) electrons. The Hall–Kier alpha value is -2.92. The molecule has 3 rings (SSSR count). The summed E-state index contributed by atoms with van der Waals surface area (Å²) in [4.78, 5) is 0.125. The van der Waals surface area contributed by atoms with E-state index in [-0.39, 0.29) is 16.7 Å². The summed E-state index contributed by atoms with van der Waals surface area (Å²) in [6, 6.07) is 23.1. The molecule has 0 atom stereocenters. The fourth-order valence-corrected chi connectivity index (χ4v) is 3.74. The van der Waals surface area contributed by atoms with Crippen LogP contribution in [0.1, 0.15) is 36.5 Å². The molecule has 0 heterocycles. The summed E-state index contributed by atoms with van der Waals surface area (Å²) in [6.45, 7) is 6.10. The van der Waals surface area contributed by atoms with Gasteiger partial charge in [-0.15, -0.1) is 4.40 Å². The summed E-state index contributed by atoms with van der Waals surface area (Å²) >= 11 is 0. The molecule has 0 N–H and O–H groups in total. The van der Waals surface area contributed by atoms with E-state index in [1.165, 1.54) is 12.1 Å². The van der Waals surface area contributed by atoms with E-state index in [1.54, 1.807) is 30.3 Å². The Labute approximate surface area is 166 Å². The monoisotopic (exact) mass is 393 g/mol. The van der Waals surface area contributed by atoms with E-state index < -0.39 is 10.0 Å². The summed E-state index contributed by atoms with van der Waals surface area (Å²) in [5, 5.41) is 0. The molecule has 3 aromatic carbocycles. The van der Waals surface area contributed by atoms with Crippen molar-refractivity contribution in [2.24, 2.45) is 4.40 Å². The largest absolute Gasteiger partial charge is 0.437 e. The third kappa shape index (κ3) is 4.67. The van der Waals surface area contributed by atoms with Crippen LogP contribution in [0.4, 0.5) is 0 Å². The molecule has 3 aromatic rings. The summed E-state index contributed by atoms with van der Waals surface area (Å²) in [5.74, 6) is 0.885. The van der Waals surface area contributed by atoms with Gasteiger partial charge in [0.05, 0.1) is 4.90 Å². The van der Waals surface area contributed by atoms with Crippen molar-refractivity contribution in [1.29, 1.82) is 0 Å². The number of benzene rings is 3.